The summed E-state index contributed by atoms with van der Waals surface area (Å²) in [5.41, 5.74) is 0.502. The minimum atomic E-state index is -0.378. The van der Waals surface area contributed by atoms with Gasteiger partial charge in [0, 0.05) is 17.6 Å². The zero-order valence-electron chi connectivity index (χ0n) is 12.5. The molecular weight excluding hydrogens is 366 g/mol. The smallest absolute Gasteiger partial charge is 0.324 e. The summed E-state index contributed by atoms with van der Waals surface area (Å²) in [6.07, 6.45) is 0.590. The van der Waals surface area contributed by atoms with Crippen LogP contribution < -0.4 is 10.1 Å². The molecule has 1 atom stereocenters. The van der Waals surface area contributed by atoms with Crippen LogP contribution in [0, 0.1) is 0 Å². The number of halogens is 1. The first-order valence-corrected chi connectivity index (χ1v) is 8.03. The Morgan fingerprint density at radius 1 is 1.39 bits per heavy atom. The number of carbonyl (C=O) groups is 3. The maximum Gasteiger partial charge on any atom is 0.324 e. The molecule has 2 saturated heterocycles. The number of imide groups is 1. The van der Waals surface area contributed by atoms with Crippen molar-refractivity contribution in [3.05, 3.63) is 28.2 Å². The first-order chi connectivity index (χ1) is 11.0. The van der Waals surface area contributed by atoms with E-state index in [4.69, 9.17) is 4.74 Å². The van der Waals surface area contributed by atoms with Crippen molar-refractivity contribution < 1.29 is 19.1 Å². The van der Waals surface area contributed by atoms with E-state index < -0.39 is 0 Å². The van der Waals surface area contributed by atoms with Crippen molar-refractivity contribution in [2.75, 3.05) is 26.7 Å². The molecule has 8 heteroatoms. The molecule has 0 aromatic heterocycles. The normalized spacial score (nSPS) is 20.9. The summed E-state index contributed by atoms with van der Waals surface area (Å²) in [6.45, 7) is 0.885. The standard InChI is InChI=1S/C15H16BrN3O4/c1-23-10-2-3-12(16)11(6-10)14(21)18-5-4-9(8-18)19-13(20)7-17-15(19)22/h2-3,6,9H,4-5,7-8H2,1H3,(H,17,22). The van der Waals surface area contributed by atoms with Crippen molar-refractivity contribution in [1.82, 2.24) is 15.1 Å². The number of hydrogen-bond donors (Lipinski definition) is 1. The third-order valence-corrected chi connectivity index (χ3v) is 4.79. The number of benzene rings is 1. The van der Waals surface area contributed by atoms with Crippen LogP contribution in [0.25, 0.3) is 0 Å². The van der Waals surface area contributed by atoms with E-state index in [1.165, 1.54) is 4.90 Å². The topological polar surface area (TPSA) is 79.0 Å². The minimum Gasteiger partial charge on any atom is -0.497 e. The maximum absolute atomic E-state index is 12.7. The zero-order valence-corrected chi connectivity index (χ0v) is 14.1. The second kappa shape index (κ2) is 6.19. The predicted octanol–water partition coefficient (Wildman–Crippen LogP) is 1.22. The highest BCUT2D eigenvalue weighted by atomic mass is 79.9. The predicted molar refractivity (Wildman–Crippen MR) is 85.2 cm³/mol. The Morgan fingerprint density at radius 3 is 2.83 bits per heavy atom. The summed E-state index contributed by atoms with van der Waals surface area (Å²) in [7, 11) is 1.54. The average Bonchev–Trinajstić information content (AvgIpc) is 3.14. The molecule has 23 heavy (non-hydrogen) atoms. The summed E-state index contributed by atoms with van der Waals surface area (Å²) in [5.74, 6) is 0.212. The van der Waals surface area contributed by atoms with E-state index in [9.17, 15) is 14.4 Å². The van der Waals surface area contributed by atoms with Crippen LogP contribution in [-0.2, 0) is 4.79 Å². The largest absolute Gasteiger partial charge is 0.497 e. The van der Waals surface area contributed by atoms with Crippen molar-refractivity contribution in [2.45, 2.75) is 12.5 Å². The van der Waals surface area contributed by atoms with Gasteiger partial charge in [-0.25, -0.2) is 4.79 Å². The first kappa shape index (κ1) is 15.8. The van der Waals surface area contributed by atoms with Gasteiger partial charge < -0.3 is 15.0 Å². The molecule has 122 valence electrons. The highest BCUT2D eigenvalue weighted by Crippen LogP contribution is 2.26. The molecule has 1 unspecified atom stereocenters. The van der Waals surface area contributed by atoms with E-state index in [-0.39, 0.29) is 30.4 Å². The van der Waals surface area contributed by atoms with Crippen molar-refractivity contribution in [3.63, 3.8) is 0 Å². The molecule has 1 N–H and O–H groups in total. The lowest BCUT2D eigenvalue weighted by atomic mass is 10.2. The van der Waals surface area contributed by atoms with Gasteiger partial charge in [-0.05, 0) is 40.5 Å². The van der Waals surface area contributed by atoms with Crippen molar-refractivity contribution in [1.29, 1.82) is 0 Å². The molecule has 2 heterocycles. The van der Waals surface area contributed by atoms with Gasteiger partial charge in [-0.15, -0.1) is 0 Å². The summed E-state index contributed by atoms with van der Waals surface area (Å²) < 4.78 is 5.84. The van der Waals surface area contributed by atoms with Crippen LogP contribution in [-0.4, -0.2) is 60.4 Å². The number of carbonyl (C=O) groups excluding carboxylic acids is 3. The van der Waals surface area contributed by atoms with Crippen LogP contribution in [0.15, 0.2) is 22.7 Å². The van der Waals surface area contributed by atoms with Crippen LogP contribution in [0.2, 0.25) is 0 Å². The van der Waals surface area contributed by atoms with E-state index >= 15 is 0 Å². The Kier molecular flexibility index (Phi) is 4.25. The zero-order chi connectivity index (χ0) is 16.6. The lowest BCUT2D eigenvalue weighted by Crippen LogP contribution is -2.42. The molecule has 1 aromatic carbocycles. The Balaban J connectivity index is 1.75. The number of amides is 4. The number of likely N-dealkylation sites (tertiary alicyclic amines) is 1. The molecular formula is C15H16BrN3O4. The molecule has 2 fully saturated rings. The molecule has 2 aliphatic rings. The van der Waals surface area contributed by atoms with Gasteiger partial charge in [0.2, 0.25) is 5.91 Å². The van der Waals surface area contributed by atoms with Gasteiger partial charge in [-0.2, -0.15) is 0 Å². The van der Waals surface area contributed by atoms with Crippen LogP contribution in [0.1, 0.15) is 16.8 Å². The van der Waals surface area contributed by atoms with Gasteiger partial charge in [0.25, 0.3) is 5.91 Å². The molecule has 4 amide bonds. The molecule has 1 aromatic rings. The molecule has 0 saturated carbocycles. The van der Waals surface area contributed by atoms with Gasteiger partial charge in [0.1, 0.15) is 5.75 Å². The summed E-state index contributed by atoms with van der Waals surface area (Å²) in [4.78, 5) is 39.1. The van der Waals surface area contributed by atoms with Crippen molar-refractivity contribution in [2.24, 2.45) is 0 Å². The minimum absolute atomic E-state index is 0.0325. The number of methoxy groups -OCH3 is 1. The van der Waals surface area contributed by atoms with Gasteiger partial charge in [-0.1, -0.05) is 0 Å². The summed E-state index contributed by atoms with van der Waals surface area (Å²) >= 11 is 3.38. The second-order valence-electron chi connectivity index (χ2n) is 5.46. The first-order valence-electron chi connectivity index (χ1n) is 7.24. The fourth-order valence-electron chi connectivity index (χ4n) is 2.91. The Labute approximate surface area is 141 Å². The van der Waals surface area contributed by atoms with Gasteiger partial charge in [0.05, 0.1) is 25.3 Å². The lowest BCUT2D eigenvalue weighted by Gasteiger charge is -2.22. The van der Waals surface area contributed by atoms with Gasteiger partial charge in [0.15, 0.2) is 0 Å². The van der Waals surface area contributed by atoms with E-state index in [0.717, 1.165) is 0 Å². The lowest BCUT2D eigenvalue weighted by molar-refractivity contribution is -0.126. The van der Waals surface area contributed by atoms with E-state index in [1.54, 1.807) is 30.2 Å². The molecule has 7 nitrogen and oxygen atoms in total. The fourth-order valence-corrected chi connectivity index (χ4v) is 3.32. The molecule has 0 bridgehead atoms. The summed E-state index contributed by atoms with van der Waals surface area (Å²) in [5, 5.41) is 2.51. The quantitative estimate of drug-likeness (QED) is 0.798. The number of nitrogens with zero attached hydrogens (tertiary/aromatic N) is 2. The van der Waals surface area contributed by atoms with Crippen molar-refractivity contribution in [3.8, 4) is 5.75 Å². The molecule has 2 aliphatic heterocycles. The number of rotatable bonds is 3. The number of nitrogens with one attached hydrogen (secondary N) is 1. The highest BCUT2D eigenvalue weighted by molar-refractivity contribution is 9.10. The number of urea groups is 1. The molecule has 0 spiro atoms. The van der Waals surface area contributed by atoms with Gasteiger partial charge >= 0.3 is 6.03 Å². The summed E-state index contributed by atoms with van der Waals surface area (Å²) in [6, 6.07) is 4.56. The monoisotopic (exact) mass is 381 g/mol. The molecule has 3 rings (SSSR count). The van der Waals surface area contributed by atoms with Gasteiger partial charge in [-0.3, -0.25) is 14.5 Å². The third-order valence-electron chi connectivity index (χ3n) is 4.10. The Hall–Kier alpha value is -2.09. The van der Waals surface area contributed by atoms with Crippen molar-refractivity contribution >= 4 is 33.8 Å². The van der Waals surface area contributed by atoms with Crippen LogP contribution >= 0.6 is 15.9 Å². The van der Waals surface area contributed by atoms with E-state index in [1.807, 2.05) is 0 Å². The average molecular weight is 382 g/mol. The third kappa shape index (κ3) is 2.90. The molecule has 0 aliphatic carbocycles. The Bertz CT molecular complexity index is 663. The molecule has 0 radical (unpaired) electrons. The van der Waals surface area contributed by atoms with Crippen LogP contribution in [0.4, 0.5) is 4.79 Å². The SMILES string of the molecule is COc1ccc(Br)c(C(=O)N2CCC(N3C(=O)CNC3=O)C2)c1. The number of hydrogen-bond acceptors (Lipinski definition) is 4. The van der Waals surface area contributed by atoms with E-state index in [2.05, 4.69) is 21.2 Å². The van der Waals surface area contributed by atoms with Crippen LogP contribution in [0.5, 0.6) is 5.75 Å². The highest BCUT2D eigenvalue weighted by Gasteiger charge is 2.39. The Morgan fingerprint density at radius 2 is 2.17 bits per heavy atom. The number of ether oxygens (including phenoxy) is 1. The maximum atomic E-state index is 12.7. The van der Waals surface area contributed by atoms with Crippen LogP contribution in [0.3, 0.4) is 0 Å². The fraction of sp³-hybridized carbons (Fsp3) is 0.400. The van der Waals surface area contributed by atoms with E-state index in [0.29, 0.717) is 35.3 Å². The second-order valence-corrected chi connectivity index (χ2v) is 6.32.